The molecular weight excluding hydrogens is 270 g/mol. The Hall–Kier alpha value is -1.88. The highest BCUT2D eigenvalue weighted by Gasteiger charge is 2.17. The summed E-state index contributed by atoms with van der Waals surface area (Å²) < 4.78 is 10.5. The second-order valence-corrected chi connectivity index (χ2v) is 4.95. The van der Waals surface area contributed by atoms with E-state index in [2.05, 4.69) is 5.32 Å². The van der Waals surface area contributed by atoms with Crippen LogP contribution in [0, 0.1) is 6.92 Å². The zero-order valence-corrected chi connectivity index (χ0v) is 13.1. The van der Waals surface area contributed by atoms with Gasteiger partial charge in [0.15, 0.2) is 11.9 Å². The largest absolute Gasteiger partial charge is 0.480 e. The Morgan fingerprint density at radius 2 is 2.05 bits per heavy atom. The molecule has 1 atom stereocenters. The number of hydrogen-bond donors (Lipinski definition) is 1. The summed E-state index contributed by atoms with van der Waals surface area (Å²) >= 11 is 0. The zero-order valence-electron chi connectivity index (χ0n) is 13.1. The van der Waals surface area contributed by atoms with Gasteiger partial charge in [0.05, 0.1) is 5.56 Å². The maximum absolute atomic E-state index is 11.9. The van der Waals surface area contributed by atoms with Crippen LogP contribution in [-0.4, -0.2) is 38.1 Å². The number of rotatable bonds is 8. The zero-order chi connectivity index (χ0) is 15.8. The van der Waals surface area contributed by atoms with Crippen LogP contribution in [0.3, 0.4) is 0 Å². The first kappa shape index (κ1) is 17.2. The molecule has 1 rings (SSSR count). The SMILES string of the molecule is COCCCNC(=O)C(C)Oc1ccc(C)cc1C(C)=O. The molecule has 0 aliphatic carbocycles. The maximum atomic E-state index is 11.9. The van der Waals surface area contributed by atoms with Crippen molar-refractivity contribution in [2.45, 2.75) is 33.3 Å². The molecule has 0 saturated carbocycles. The van der Waals surface area contributed by atoms with E-state index in [4.69, 9.17) is 9.47 Å². The first-order chi connectivity index (χ1) is 9.95. The van der Waals surface area contributed by atoms with Gasteiger partial charge in [-0.3, -0.25) is 9.59 Å². The minimum absolute atomic E-state index is 0.0820. The van der Waals surface area contributed by atoms with Crippen molar-refractivity contribution >= 4 is 11.7 Å². The van der Waals surface area contributed by atoms with E-state index in [0.717, 1.165) is 12.0 Å². The summed E-state index contributed by atoms with van der Waals surface area (Å²) in [6.45, 7) is 6.19. The van der Waals surface area contributed by atoms with Crippen LogP contribution in [0.2, 0.25) is 0 Å². The van der Waals surface area contributed by atoms with Crippen LogP contribution in [0.15, 0.2) is 18.2 Å². The normalized spacial score (nSPS) is 11.8. The van der Waals surface area contributed by atoms with E-state index in [-0.39, 0.29) is 11.7 Å². The summed E-state index contributed by atoms with van der Waals surface area (Å²) in [6.07, 6.45) is 0.0893. The lowest BCUT2D eigenvalue weighted by molar-refractivity contribution is -0.127. The van der Waals surface area contributed by atoms with Crippen LogP contribution in [0.1, 0.15) is 36.2 Å². The van der Waals surface area contributed by atoms with E-state index < -0.39 is 6.10 Å². The second-order valence-electron chi connectivity index (χ2n) is 4.95. The molecule has 0 heterocycles. The Kier molecular flexibility index (Phi) is 6.88. The third-order valence-electron chi connectivity index (χ3n) is 3.01. The van der Waals surface area contributed by atoms with Crippen molar-refractivity contribution in [2.24, 2.45) is 0 Å². The van der Waals surface area contributed by atoms with E-state index in [9.17, 15) is 9.59 Å². The van der Waals surface area contributed by atoms with Crippen LogP contribution in [-0.2, 0) is 9.53 Å². The van der Waals surface area contributed by atoms with Crippen molar-refractivity contribution in [3.05, 3.63) is 29.3 Å². The number of hydrogen-bond acceptors (Lipinski definition) is 4. The van der Waals surface area contributed by atoms with Crippen molar-refractivity contribution in [3.8, 4) is 5.75 Å². The molecule has 1 aromatic carbocycles. The summed E-state index contributed by atoms with van der Waals surface area (Å²) in [6, 6.07) is 5.34. The van der Waals surface area contributed by atoms with Crippen molar-refractivity contribution in [1.29, 1.82) is 0 Å². The van der Waals surface area contributed by atoms with E-state index in [0.29, 0.717) is 24.5 Å². The van der Waals surface area contributed by atoms with Gasteiger partial charge in [0.1, 0.15) is 5.75 Å². The molecule has 0 fully saturated rings. The van der Waals surface area contributed by atoms with Gasteiger partial charge in [-0.15, -0.1) is 0 Å². The number of ketones is 1. The monoisotopic (exact) mass is 293 g/mol. The first-order valence-corrected chi connectivity index (χ1v) is 7.00. The van der Waals surface area contributed by atoms with Gasteiger partial charge in [0, 0.05) is 20.3 Å². The number of carbonyl (C=O) groups excluding carboxylic acids is 2. The van der Waals surface area contributed by atoms with Crippen LogP contribution in [0.5, 0.6) is 5.75 Å². The number of benzene rings is 1. The van der Waals surface area contributed by atoms with Gasteiger partial charge >= 0.3 is 0 Å². The van der Waals surface area contributed by atoms with Crippen LogP contribution in [0.4, 0.5) is 0 Å². The predicted octanol–water partition coefficient (Wildman–Crippen LogP) is 2.12. The molecule has 0 aromatic heterocycles. The standard InChI is InChI=1S/C16H23NO4/c1-11-6-7-15(14(10-11)12(2)18)21-13(3)16(19)17-8-5-9-20-4/h6-7,10,13H,5,8-9H2,1-4H3,(H,17,19). The number of methoxy groups -OCH3 is 1. The summed E-state index contributed by atoms with van der Waals surface area (Å²) in [5.74, 6) is 0.148. The first-order valence-electron chi connectivity index (χ1n) is 7.00. The lowest BCUT2D eigenvalue weighted by atomic mass is 10.1. The molecule has 0 bridgehead atoms. The molecule has 0 saturated heterocycles. The molecule has 0 aliphatic heterocycles. The molecule has 0 aliphatic rings. The molecule has 0 radical (unpaired) electrons. The third-order valence-corrected chi connectivity index (χ3v) is 3.01. The highest BCUT2D eigenvalue weighted by molar-refractivity contribution is 5.97. The van der Waals surface area contributed by atoms with Gasteiger partial charge in [0.25, 0.3) is 5.91 Å². The van der Waals surface area contributed by atoms with Gasteiger partial charge in [0.2, 0.25) is 0 Å². The molecule has 0 spiro atoms. The minimum Gasteiger partial charge on any atom is -0.480 e. The van der Waals surface area contributed by atoms with Crippen molar-refractivity contribution in [1.82, 2.24) is 5.32 Å². The third kappa shape index (κ3) is 5.55. The smallest absolute Gasteiger partial charge is 0.260 e. The van der Waals surface area contributed by atoms with Gasteiger partial charge in [-0.2, -0.15) is 0 Å². The fourth-order valence-electron chi connectivity index (χ4n) is 1.84. The van der Waals surface area contributed by atoms with Crippen molar-refractivity contribution < 1.29 is 19.1 Å². The Labute approximate surface area is 125 Å². The lowest BCUT2D eigenvalue weighted by Crippen LogP contribution is -2.37. The van der Waals surface area contributed by atoms with Crippen molar-refractivity contribution in [3.63, 3.8) is 0 Å². The molecular formula is C16H23NO4. The average molecular weight is 293 g/mol. The highest BCUT2D eigenvalue weighted by atomic mass is 16.5. The number of aryl methyl sites for hydroxylation is 1. The molecule has 116 valence electrons. The predicted molar refractivity (Wildman–Crippen MR) is 80.8 cm³/mol. The number of Topliss-reactive ketones (excluding diaryl/α,β-unsaturated/α-hetero) is 1. The summed E-state index contributed by atoms with van der Waals surface area (Å²) in [5, 5.41) is 2.77. The fraction of sp³-hybridized carbons (Fsp3) is 0.500. The Morgan fingerprint density at radius 3 is 2.67 bits per heavy atom. The molecule has 5 nitrogen and oxygen atoms in total. The van der Waals surface area contributed by atoms with Crippen LogP contribution in [0.25, 0.3) is 0 Å². The molecule has 5 heteroatoms. The molecule has 21 heavy (non-hydrogen) atoms. The quantitative estimate of drug-likeness (QED) is 0.589. The highest BCUT2D eigenvalue weighted by Crippen LogP contribution is 2.21. The van der Waals surface area contributed by atoms with Crippen molar-refractivity contribution in [2.75, 3.05) is 20.3 Å². The van der Waals surface area contributed by atoms with E-state index in [1.165, 1.54) is 6.92 Å². The fourth-order valence-corrected chi connectivity index (χ4v) is 1.84. The Morgan fingerprint density at radius 1 is 1.33 bits per heavy atom. The number of amides is 1. The summed E-state index contributed by atoms with van der Waals surface area (Å²) in [4.78, 5) is 23.5. The van der Waals surface area contributed by atoms with Gasteiger partial charge in [-0.05, 0) is 39.3 Å². The van der Waals surface area contributed by atoms with Gasteiger partial charge in [-0.1, -0.05) is 11.6 Å². The maximum Gasteiger partial charge on any atom is 0.260 e. The molecule has 1 unspecified atom stereocenters. The van der Waals surface area contributed by atoms with Crippen LogP contribution >= 0.6 is 0 Å². The minimum atomic E-state index is -0.659. The summed E-state index contributed by atoms with van der Waals surface area (Å²) in [7, 11) is 1.62. The second kappa shape index (κ2) is 8.42. The van der Waals surface area contributed by atoms with Gasteiger partial charge < -0.3 is 14.8 Å². The Bertz CT molecular complexity index is 499. The lowest BCUT2D eigenvalue weighted by Gasteiger charge is -2.17. The van der Waals surface area contributed by atoms with E-state index in [1.807, 2.05) is 13.0 Å². The van der Waals surface area contributed by atoms with E-state index >= 15 is 0 Å². The molecule has 1 amide bonds. The summed E-state index contributed by atoms with van der Waals surface area (Å²) in [5.41, 5.74) is 1.47. The van der Waals surface area contributed by atoms with Gasteiger partial charge in [-0.25, -0.2) is 0 Å². The number of nitrogens with one attached hydrogen (secondary N) is 1. The molecule has 1 aromatic rings. The molecule has 1 N–H and O–H groups in total. The van der Waals surface area contributed by atoms with Crippen LogP contribution < -0.4 is 10.1 Å². The van der Waals surface area contributed by atoms with E-state index in [1.54, 1.807) is 26.2 Å². The number of ether oxygens (including phenoxy) is 2. The number of carbonyl (C=O) groups is 2. The average Bonchev–Trinajstić information content (AvgIpc) is 2.44. The Balaban J connectivity index is 2.63. The topological polar surface area (TPSA) is 64.6 Å².